The molecule has 0 aliphatic carbocycles. The fourth-order valence-electron chi connectivity index (χ4n) is 2.22. The van der Waals surface area contributed by atoms with E-state index in [1.807, 2.05) is 25.1 Å². The quantitative estimate of drug-likeness (QED) is 0.871. The summed E-state index contributed by atoms with van der Waals surface area (Å²) >= 11 is 0. The molecule has 2 N–H and O–H groups in total. The highest BCUT2D eigenvalue weighted by Crippen LogP contribution is 2.29. The van der Waals surface area contributed by atoms with E-state index >= 15 is 0 Å². The lowest BCUT2D eigenvalue weighted by atomic mass is 10.1. The van der Waals surface area contributed by atoms with Gasteiger partial charge in [-0.15, -0.1) is 0 Å². The lowest BCUT2D eigenvalue weighted by molar-refractivity contribution is 0.357. The number of nitrogens with two attached hydrogens (primary N) is 1. The molecule has 18 heavy (non-hydrogen) atoms. The summed E-state index contributed by atoms with van der Waals surface area (Å²) in [7, 11) is 0. The maximum absolute atomic E-state index is 5.61. The van der Waals surface area contributed by atoms with Gasteiger partial charge in [0.25, 0.3) is 0 Å². The van der Waals surface area contributed by atoms with E-state index in [0.29, 0.717) is 12.4 Å². The Morgan fingerprint density at radius 1 is 1.28 bits per heavy atom. The van der Waals surface area contributed by atoms with Crippen molar-refractivity contribution in [1.82, 2.24) is 9.97 Å². The number of fused-ring (bicyclic) bond motifs is 1. The van der Waals surface area contributed by atoms with E-state index in [9.17, 15) is 0 Å². The predicted molar refractivity (Wildman–Crippen MR) is 69.3 cm³/mol. The van der Waals surface area contributed by atoms with Crippen molar-refractivity contribution in [3.05, 3.63) is 41.3 Å². The van der Waals surface area contributed by atoms with Crippen LogP contribution in [0.15, 0.2) is 24.3 Å². The smallest absolute Gasteiger partial charge is 0.142 e. The molecule has 0 spiro atoms. The molecule has 1 aliphatic heterocycles. The largest absolute Gasteiger partial charge is 0.493 e. The molecule has 4 heteroatoms. The van der Waals surface area contributed by atoms with Crippen LogP contribution in [0, 0.1) is 6.92 Å². The zero-order valence-electron chi connectivity index (χ0n) is 10.3. The summed E-state index contributed by atoms with van der Waals surface area (Å²) in [6, 6.07) is 8.17. The van der Waals surface area contributed by atoms with Gasteiger partial charge in [0, 0.05) is 17.7 Å². The van der Waals surface area contributed by atoms with E-state index in [0.717, 1.165) is 35.7 Å². The van der Waals surface area contributed by atoms with Gasteiger partial charge >= 0.3 is 0 Å². The van der Waals surface area contributed by atoms with Gasteiger partial charge in [-0.2, -0.15) is 0 Å². The van der Waals surface area contributed by atoms with Crippen LogP contribution in [0.3, 0.4) is 0 Å². The number of nitrogens with zero attached hydrogens (tertiary/aromatic N) is 2. The molecule has 0 unspecified atom stereocenters. The molecule has 0 amide bonds. The molecule has 1 aliphatic rings. The second-order valence-electron chi connectivity index (χ2n) is 4.44. The third-order valence-corrected chi connectivity index (χ3v) is 3.07. The van der Waals surface area contributed by atoms with Gasteiger partial charge in [0.2, 0.25) is 0 Å². The van der Waals surface area contributed by atoms with E-state index in [1.165, 1.54) is 5.56 Å². The number of aryl methyl sites for hydroxylation is 1. The van der Waals surface area contributed by atoms with E-state index < -0.39 is 0 Å². The maximum Gasteiger partial charge on any atom is 0.142 e. The average molecular weight is 241 g/mol. The fraction of sp³-hybridized carbons (Fsp3) is 0.286. The molecule has 1 aromatic carbocycles. The zero-order valence-corrected chi connectivity index (χ0v) is 10.3. The number of benzene rings is 1. The van der Waals surface area contributed by atoms with E-state index in [2.05, 4.69) is 16.0 Å². The second kappa shape index (κ2) is 4.38. The molecule has 4 nitrogen and oxygen atoms in total. The number of hydrogen-bond donors (Lipinski definition) is 1. The first-order chi connectivity index (χ1) is 8.76. The minimum Gasteiger partial charge on any atom is -0.493 e. The van der Waals surface area contributed by atoms with Crippen molar-refractivity contribution in [2.24, 2.45) is 5.73 Å². The first-order valence-electron chi connectivity index (χ1n) is 6.07. The average Bonchev–Trinajstić information content (AvgIpc) is 2.85. The van der Waals surface area contributed by atoms with Crippen molar-refractivity contribution in [3.63, 3.8) is 0 Å². The lowest BCUT2D eigenvalue weighted by Crippen LogP contribution is -2.05. The fourth-order valence-corrected chi connectivity index (χ4v) is 2.22. The van der Waals surface area contributed by atoms with Crippen LogP contribution in [0.2, 0.25) is 0 Å². The van der Waals surface area contributed by atoms with Crippen LogP contribution in [-0.4, -0.2) is 16.6 Å². The van der Waals surface area contributed by atoms with Gasteiger partial charge < -0.3 is 10.5 Å². The highest BCUT2D eigenvalue weighted by molar-refractivity contribution is 5.63. The second-order valence-corrected chi connectivity index (χ2v) is 4.44. The van der Waals surface area contributed by atoms with Gasteiger partial charge in [-0.1, -0.05) is 0 Å². The molecule has 0 saturated carbocycles. The van der Waals surface area contributed by atoms with E-state index in [-0.39, 0.29) is 0 Å². The topological polar surface area (TPSA) is 61.0 Å². The van der Waals surface area contributed by atoms with Crippen LogP contribution in [0.1, 0.15) is 17.1 Å². The predicted octanol–water partition coefficient (Wildman–Crippen LogP) is 1.85. The molecule has 2 heterocycles. The zero-order chi connectivity index (χ0) is 12.5. The highest BCUT2D eigenvalue weighted by atomic mass is 16.5. The first kappa shape index (κ1) is 11.2. The van der Waals surface area contributed by atoms with Gasteiger partial charge in [-0.3, -0.25) is 0 Å². The first-order valence-corrected chi connectivity index (χ1v) is 6.07. The molecule has 0 saturated heterocycles. The summed E-state index contributed by atoms with van der Waals surface area (Å²) in [5, 5.41) is 0. The maximum atomic E-state index is 5.61. The summed E-state index contributed by atoms with van der Waals surface area (Å²) < 4.78 is 5.51. The molecule has 2 aromatic rings. The number of hydrogen-bond acceptors (Lipinski definition) is 4. The molecular formula is C14H15N3O. The molecule has 0 atom stereocenters. The third kappa shape index (κ3) is 1.95. The van der Waals surface area contributed by atoms with Gasteiger partial charge in [0.1, 0.15) is 11.6 Å². The standard InChI is InChI=1S/C14H15N3O/c1-9-6-12(17-14(8-15)16-9)10-2-3-13-11(7-10)4-5-18-13/h2-3,6-7H,4-5,8,15H2,1H3. The van der Waals surface area contributed by atoms with Gasteiger partial charge in [-0.25, -0.2) is 9.97 Å². The van der Waals surface area contributed by atoms with Crippen LogP contribution in [0.5, 0.6) is 5.75 Å². The Morgan fingerprint density at radius 3 is 3.00 bits per heavy atom. The summed E-state index contributed by atoms with van der Waals surface area (Å²) in [5.74, 6) is 1.67. The molecule has 0 bridgehead atoms. The van der Waals surface area contributed by atoms with Crippen LogP contribution in [0.25, 0.3) is 11.3 Å². The van der Waals surface area contributed by atoms with Gasteiger partial charge in [0.05, 0.1) is 18.8 Å². The third-order valence-electron chi connectivity index (χ3n) is 3.07. The van der Waals surface area contributed by atoms with E-state index in [1.54, 1.807) is 0 Å². The molecule has 3 rings (SSSR count). The van der Waals surface area contributed by atoms with Crippen molar-refractivity contribution in [3.8, 4) is 17.0 Å². The van der Waals surface area contributed by atoms with Gasteiger partial charge in [0.15, 0.2) is 0 Å². The molecule has 0 fully saturated rings. The Bertz CT molecular complexity index is 596. The summed E-state index contributed by atoms with van der Waals surface area (Å²) in [4.78, 5) is 8.76. The summed E-state index contributed by atoms with van der Waals surface area (Å²) in [6.45, 7) is 3.10. The normalized spacial score (nSPS) is 13.2. The van der Waals surface area contributed by atoms with E-state index in [4.69, 9.17) is 10.5 Å². The van der Waals surface area contributed by atoms with Crippen molar-refractivity contribution in [1.29, 1.82) is 0 Å². The van der Waals surface area contributed by atoms with Crippen molar-refractivity contribution >= 4 is 0 Å². The SMILES string of the molecule is Cc1cc(-c2ccc3c(c2)CCO3)nc(CN)n1. The highest BCUT2D eigenvalue weighted by Gasteiger charge is 2.13. The Morgan fingerprint density at radius 2 is 2.17 bits per heavy atom. The number of aromatic nitrogens is 2. The summed E-state index contributed by atoms with van der Waals surface area (Å²) in [6.07, 6.45) is 0.969. The monoisotopic (exact) mass is 241 g/mol. The Labute approximate surface area is 106 Å². The number of rotatable bonds is 2. The molecule has 1 aromatic heterocycles. The molecular weight excluding hydrogens is 226 g/mol. The van der Waals surface area contributed by atoms with Crippen molar-refractivity contribution < 1.29 is 4.74 Å². The van der Waals surface area contributed by atoms with Crippen LogP contribution in [-0.2, 0) is 13.0 Å². The van der Waals surface area contributed by atoms with Crippen molar-refractivity contribution in [2.45, 2.75) is 19.9 Å². The minimum atomic E-state index is 0.364. The van der Waals surface area contributed by atoms with Gasteiger partial charge in [-0.05, 0) is 36.8 Å². The Balaban J connectivity index is 2.06. The summed E-state index contributed by atoms with van der Waals surface area (Å²) in [5.41, 5.74) is 9.83. The minimum absolute atomic E-state index is 0.364. The number of ether oxygens (including phenoxy) is 1. The molecule has 92 valence electrons. The lowest BCUT2D eigenvalue weighted by Gasteiger charge is -2.06. The van der Waals surface area contributed by atoms with Crippen LogP contribution < -0.4 is 10.5 Å². The van der Waals surface area contributed by atoms with Crippen molar-refractivity contribution in [2.75, 3.05) is 6.61 Å². The van der Waals surface area contributed by atoms with Crippen LogP contribution in [0.4, 0.5) is 0 Å². The van der Waals surface area contributed by atoms with Crippen LogP contribution >= 0.6 is 0 Å². The molecule has 0 radical (unpaired) electrons. The Hall–Kier alpha value is -1.94. The Kier molecular flexibility index (Phi) is 2.72.